The monoisotopic (exact) mass is 277 g/mol. The molecule has 1 aliphatic rings. The fourth-order valence-electron chi connectivity index (χ4n) is 2.41. The van der Waals surface area contributed by atoms with Gasteiger partial charge >= 0.3 is 0 Å². The lowest BCUT2D eigenvalue weighted by molar-refractivity contribution is -0.122. The number of rotatable bonds is 6. The molecule has 2 rings (SSSR count). The van der Waals surface area contributed by atoms with E-state index >= 15 is 0 Å². The molecular weight excluding hydrogens is 254 g/mol. The molecule has 0 unspecified atom stereocenters. The van der Waals surface area contributed by atoms with Gasteiger partial charge in [0.1, 0.15) is 0 Å². The normalized spacial score (nSPS) is 17.1. The Balaban J connectivity index is 1.69. The Morgan fingerprint density at radius 2 is 2.30 bits per heavy atom. The molecule has 0 aromatic carbocycles. The van der Waals surface area contributed by atoms with Crippen LogP contribution in [0.2, 0.25) is 0 Å². The maximum Gasteiger partial charge on any atom is 0.233 e. The highest BCUT2D eigenvalue weighted by Crippen LogP contribution is 2.10. The lowest BCUT2D eigenvalue weighted by Gasteiger charge is -2.31. The number of carbonyl (C=O) groups excluding carboxylic acids is 1. The van der Waals surface area contributed by atoms with Crippen molar-refractivity contribution in [3.8, 4) is 0 Å². The molecular formula is C14H23N5O. The SMILES string of the molecule is C=Cn1cc(CNC2CCN(CC(=O)NC)CC2)cn1. The van der Waals surface area contributed by atoms with Crippen LogP contribution in [-0.4, -0.2) is 53.3 Å². The zero-order chi connectivity index (χ0) is 14.4. The third-order valence-corrected chi connectivity index (χ3v) is 3.67. The summed E-state index contributed by atoms with van der Waals surface area (Å²) in [6.45, 7) is 6.95. The molecule has 6 nitrogen and oxygen atoms in total. The van der Waals surface area contributed by atoms with E-state index in [9.17, 15) is 4.79 Å². The van der Waals surface area contributed by atoms with Crippen LogP contribution in [-0.2, 0) is 11.3 Å². The smallest absolute Gasteiger partial charge is 0.233 e. The molecule has 110 valence electrons. The van der Waals surface area contributed by atoms with E-state index in [0.29, 0.717) is 12.6 Å². The first-order valence-electron chi connectivity index (χ1n) is 7.03. The minimum Gasteiger partial charge on any atom is -0.358 e. The molecule has 1 aromatic heterocycles. The maximum atomic E-state index is 11.3. The van der Waals surface area contributed by atoms with Crippen LogP contribution in [0.15, 0.2) is 19.0 Å². The number of carbonyl (C=O) groups is 1. The lowest BCUT2D eigenvalue weighted by Crippen LogP contribution is -2.45. The molecule has 0 atom stereocenters. The number of nitrogens with zero attached hydrogens (tertiary/aromatic N) is 3. The fourth-order valence-corrected chi connectivity index (χ4v) is 2.41. The highest BCUT2D eigenvalue weighted by atomic mass is 16.1. The Kier molecular flexibility index (Phi) is 5.31. The van der Waals surface area contributed by atoms with E-state index in [0.717, 1.165) is 38.0 Å². The number of amides is 1. The Labute approximate surface area is 119 Å². The summed E-state index contributed by atoms with van der Waals surface area (Å²) < 4.78 is 1.71. The van der Waals surface area contributed by atoms with Crippen molar-refractivity contribution in [1.29, 1.82) is 0 Å². The first kappa shape index (κ1) is 14.7. The van der Waals surface area contributed by atoms with Crippen LogP contribution in [0, 0.1) is 0 Å². The van der Waals surface area contributed by atoms with E-state index in [4.69, 9.17) is 0 Å². The zero-order valence-electron chi connectivity index (χ0n) is 12.0. The number of likely N-dealkylation sites (N-methyl/N-ethyl adjacent to an activating group) is 1. The summed E-state index contributed by atoms with van der Waals surface area (Å²) in [6, 6.07) is 0.517. The third kappa shape index (κ3) is 4.18. The molecule has 2 heterocycles. The van der Waals surface area contributed by atoms with Gasteiger partial charge in [-0.1, -0.05) is 6.58 Å². The van der Waals surface area contributed by atoms with Gasteiger partial charge in [-0.15, -0.1) is 0 Å². The molecule has 1 fully saturated rings. The molecule has 1 aliphatic heterocycles. The van der Waals surface area contributed by atoms with E-state index in [1.165, 1.54) is 0 Å². The van der Waals surface area contributed by atoms with E-state index in [2.05, 4.69) is 27.2 Å². The van der Waals surface area contributed by atoms with E-state index in [-0.39, 0.29) is 5.91 Å². The molecule has 1 aromatic rings. The van der Waals surface area contributed by atoms with Crippen LogP contribution >= 0.6 is 0 Å². The van der Waals surface area contributed by atoms with Gasteiger partial charge in [-0.05, 0) is 12.8 Å². The second kappa shape index (κ2) is 7.21. The first-order valence-corrected chi connectivity index (χ1v) is 7.03. The van der Waals surface area contributed by atoms with E-state index < -0.39 is 0 Å². The van der Waals surface area contributed by atoms with Crippen molar-refractivity contribution < 1.29 is 4.79 Å². The minimum absolute atomic E-state index is 0.0910. The van der Waals surface area contributed by atoms with Crippen molar-refractivity contribution in [2.75, 3.05) is 26.7 Å². The second-order valence-corrected chi connectivity index (χ2v) is 5.12. The van der Waals surface area contributed by atoms with Crippen molar-refractivity contribution in [3.05, 3.63) is 24.5 Å². The summed E-state index contributed by atoms with van der Waals surface area (Å²) in [6.07, 6.45) is 7.66. The third-order valence-electron chi connectivity index (χ3n) is 3.67. The fraction of sp³-hybridized carbons (Fsp3) is 0.571. The average molecular weight is 277 g/mol. The van der Waals surface area contributed by atoms with Crippen molar-refractivity contribution in [2.45, 2.75) is 25.4 Å². The van der Waals surface area contributed by atoms with Crippen molar-refractivity contribution in [2.24, 2.45) is 0 Å². The van der Waals surface area contributed by atoms with Gasteiger partial charge in [-0.2, -0.15) is 5.10 Å². The standard InChI is InChI=1S/C14H23N5O/c1-3-19-10-12(9-17-19)8-16-13-4-6-18(7-5-13)11-14(20)15-2/h3,9-10,13,16H,1,4-8,11H2,2H3,(H,15,20). The predicted octanol–water partition coefficient (Wildman–Crippen LogP) is 0.284. The average Bonchev–Trinajstić information content (AvgIpc) is 2.94. The van der Waals surface area contributed by atoms with Gasteiger partial charge in [-0.3, -0.25) is 9.69 Å². The molecule has 6 heteroatoms. The van der Waals surface area contributed by atoms with Crippen LogP contribution in [0.4, 0.5) is 0 Å². The number of likely N-dealkylation sites (tertiary alicyclic amines) is 1. The maximum absolute atomic E-state index is 11.3. The highest BCUT2D eigenvalue weighted by Gasteiger charge is 2.20. The molecule has 2 N–H and O–H groups in total. The number of aromatic nitrogens is 2. The Morgan fingerprint density at radius 1 is 1.55 bits per heavy atom. The zero-order valence-corrected chi connectivity index (χ0v) is 12.0. The lowest BCUT2D eigenvalue weighted by atomic mass is 10.0. The van der Waals surface area contributed by atoms with Crippen LogP contribution < -0.4 is 10.6 Å². The molecule has 1 saturated heterocycles. The van der Waals surface area contributed by atoms with Gasteiger partial charge < -0.3 is 10.6 Å². The first-order chi connectivity index (χ1) is 9.71. The Morgan fingerprint density at radius 3 is 2.90 bits per heavy atom. The number of nitrogens with one attached hydrogen (secondary N) is 2. The highest BCUT2D eigenvalue weighted by molar-refractivity contribution is 5.77. The van der Waals surface area contributed by atoms with Gasteiger partial charge in [0.15, 0.2) is 0 Å². The molecule has 0 radical (unpaired) electrons. The summed E-state index contributed by atoms with van der Waals surface area (Å²) in [5.41, 5.74) is 1.16. The summed E-state index contributed by atoms with van der Waals surface area (Å²) in [7, 11) is 1.68. The second-order valence-electron chi connectivity index (χ2n) is 5.12. The van der Waals surface area contributed by atoms with Crippen molar-refractivity contribution in [1.82, 2.24) is 25.3 Å². The topological polar surface area (TPSA) is 62.2 Å². The van der Waals surface area contributed by atoms with Gasteiger partial charge in [-0.25, -0.2) is 4.68 Å². The minimum atomic E-state index is 0.0910. The Bertz CT molecular complexity index is 448. The number of hydrogen-bond donors (Lipinski definition) is 2. The number of piperidine rings is 1. The van der Waals surface area contributed by atoms with Gasteiger partial charge in [0.05, 0.1) is 12.7 Å². The van der Waals surface area contributed by atoms with Crippen molar-refractivity contribution in [3.63, 3.8) is 0 Å². The molecule has 20 heavy (non-hydrogen) atoms. The van der Waals surface area contributed by atoms with Gasteiger partial charge in [0.2, 0.25) is 5.91 Å². The number of hydrogen-bond acceptors (Lipinski definition) is 4. The predicted molar refractivity (Wildman–Crippen MR) is 79.0 cm³/mol. The molecule has 0 aliphatic carbocycles. The summed E-state index contributed by atoms with van der Waals surface area (Å²) in [4.78, 5) is 13.5. The molecule has 0 spiro atoms. The van der Waals surface area contributed by atoms with Gasteiger partial charge in [0, 0.05) is 50.7 Å². The van der Waals surface area contributed by atoms with Gasteiger partial charge in [0.25, 0.3) is 0 Å². The summed E-state index contributed by atoms with van der Waals surface area (Å²) in [5, 5.41) is 10.4. The quantitative estimate of drug-likeness (QED) is 0.784. The molecule has 0 saturated carbocycles. The summed E-state index contributed by atoms with van der Waals surface area (Å²) >= 11 is 0. The molecule has 1 amide bonds. The Hall–Kier alpha value is -1.66. The van der Waals surface area contributed by atoms with E-state index in [1.807, 2.05) is 12.4 Å². The largest absolute Gasteiger partial charge is 0.358 e. The molecule has 0 bridgehead atoms. The van der Waals surface area contributed by atoms with E-state index in [1.54, 1.807) is 17.9 Å². The van der Waals surface area contributed by atoms with Crippen LogP contribution in [0.3, 0.4) is 0 Å². The van der Waals surface area contributed by atoms with Crippen molar-refractivity contribution >= 4 is 12.1 Å². The summed E-state index contributed by atoms with van der Waals surface area (Å²) in [5.74, 6) is 0.0910. The van der Waals surface area contributed by atoms with Crippen LogP contribution in [0.25, 0.3) is 6.20 Å². The van der Waals surface area contributed by atoms with Crippen LogP contribution in [0.5, 0.6) is 0 Å². The van der Waals surface area contributed by atoms with Crippen LogP contribution in [0.1, 0.15) is 18.4 Å².